The van der Waals surface area contributed by atoms with Gasteiger partial charge in [-0.3, -0.25) is 25.6 Å². The highest BCUT2D eigenvalue weighted by molar-refractivity contribution is 6.31. The summed E-state index contributed by atoms with van der Waals surface area (Å²) in [5, 5.41) is 18.3. The van der Waals surface area contributed by atoms with Crippen LogP contribution in [-0.4, -0.2) is 44.3 Å². The first kappa shape index (κ1) is 20.8. The number of hydrazine groups is 1. The number of halogens is 1. The highest BCUT2D eigenvalue weighted by Crippen LogP contribution is 2.16. The lowest BCUT2D eigenvalue weighted by Crippen LogP contribution is -2.40. The topological polar surface area (TPSA) is 120 Å². The summed E-state index contributed by atoms with van der Waals surface area (Å²) < 4.78 is 0. The van der Waals surface area contributed by atoms with E-state index >= 15 is 0 Å². The maximum Gasteiger partial charge on any atom is 0.262 e. The standard InChI is InChI=1S/C17H23ClN6O3/c1-11(2)4-3-5-12(9-24(27)10-25)16(26)21-23-17-19-14-7-6-13(18)8-15(14)20-22-17/h6-8,10-12,27H,3-5,9H2,1-2H3,(H,21,26)(H,19,22,23). The predicted molar refractivity (Wildman–Crippen MR) is 101 cm³/mol. The van der Waals surface area contributed by atoms with Crippen molar-refractivity contribution in [1.29, 1.82) is 0 Å². The number of fused-ring (bicyclic) bond motifs is 1. The van der Waals surface area contributed by atoms with E-state index < -0.39 is 5.92 Å². The molecule has 0 spiro atoms. The maximum atomic E-state index is 12.4. The van der Waals surface area contributed by atoms with Crippen LogP contribution in [-0.2, 0) is 9.59 Å². The summed E-state index contributed by atoms with van der Waals surface area (Å²) in [5.41, 5.74) is 6.23. The number of nitrogens with one attached hydrogen (secondary N) is 2. The second kappa shape index (κ2) is 9.98. The molecule has 0 saturated heterocycles. The van der Waals surface area contributed by atoms with Crippen molar-refractivity contribution in [3.8, 4) is 0 Å². The molecule has 2 rings (SSSR count). The van der Waals surface area contributed by atoms with Gasteiger partial charge in [0.25, 0.3) is 5.95 Å². The Labute approximate surface area is 162 Å². The van der Waals surface area contributed by atoms with Crippen LogP contribution in [0.15, 0.2) is 18.2 Å². The number of hydrogen-bond acceptors (Lipinski definition) is 7. The smallest absolute Gasteiger partial charge is 0.262 e. The van der Waals surface area contributed by atoms with Gasteiger partial charge in [0.1, 0.15) is 5.52 Å². The third kappa shape index (κ3) is 6.61. The van der Waals surface area contributed by atoms with E-state index in [-0.39, 0.29) is 24.8 Å². The van der Waals surface area contributed by atoms with Crippen LogP contribution < -0.4 is 10.9 Å². The van der Waals surface area contributed by atoms with Gasteiger partial charge >= 0.3 is 0 Å². The number of aromatic nitrogens is 3. The molecule has 0 saturated carbocycles. The predicted octanol–water partition coefficient (Wildman–Crippen LogP) is 2.41. The van der Waals surface area contributed by atoms with E-state index in [1.165, 1.54) is 0 Å². The van der Waals surface area contributed by atoms with Crippen LogP contribution in [0, 0.1) is 11.8 Å². The summed E-state index contributed by atoms with van der Waals surface area (Å²) in [6.45, 7) is 4.10. The van der Waals surface area contributed by atoms with Crippen molar-refractivity contribution in [3.05, 3.63) is 23.2 Å². The lowest BCUT2D eigenvalue weighted by atomic mass is 9.97. The second-order valence-electron chi connectivity index (χ2n) is 6.63. The molecule has 2 aromatic rings. The third-order valence-corrected chi connectivity index (χ3v) is 4.18. The molecule has 0 bridgehead atoms. The van der Waals surface area contributed by atoms with E-state index in [4.69, 9.17) is 11.6 Å². The van der Waals surface area contributed by atoms with E-state index in [1.807, 2.05) is 0 Å². The van der Waals surface area contributed by atoms with Crippen molar-refractivity contribution in [2.45, 2.75) is 33.1 Å². The number of amides is 2. The molecule has 0 aliphatic heterocycles. The molecule has 0 fully saturated rings. The highest BCUT2D eigenvalue weighted by atomic mass is 35.5. The zero-order valence-corrected chi connectivity index (χ0v) is 16.0. The fourth-order valence-electron chi connectivity index (χ4n) is 2.53. The Morgan fingerprint density at radius 2 is 2.07 bits per heavy atom. The van der Waals surface area contributed by atoms with Crippen LogP contribution in [0.4, 0.5) is 5.95 Å². The first-order chi connectivity index (χ1) is 12.9. The number of benzene rings is 1. The van der Waals surface area contributed by atoms with Gasteiger partial charge in [-0.2, -0.15) is 0 Å². The summed E-state index contributed by atoms with van der Waals surface area (Å²) in [4.78, 5) is 27.3. The summed E-state index contributed by atoms with van der Waals surface area (Å²) in [6, 6.07) is 5.02. The number of carbonyl (C=O) groups excluding carboxylic acids is 2. The van der Waals surface area contributed by atoms with Crippen molar-refractivity contribution >= 4 is 40.9 Å². The molecule has 0 aliphatic carbocycles. The molecule has 1 heterocycles. The van der Waals surface area contributed by atoms with Gasteiger partial charge in [-0.1, -0.05) is 38.3 Å². The van der Waals surface area contributed by atoms with Gasteiger partial charge in [0.2, 0.25) is 12.3 Å². The average molecular weight is 395 g/mol. The molecule has 0 radical (unpaired) electrons. The maximum absolute atomic E-state index is 12.4. The van der Waals surface area contributed by atoms with Gasteiger partial charge in [0, 0.05) is 5.02 Å². The fourth-order valence-corrected chi connectivity index (χ4v) is 2.69. The first-order valence-electron chi connectivity index (χ1n) is 8.65. The lowest BCUT2D eigenvalue weighted by molar-refractivity contribution is -0.154. The van der Waals surface area contributed by atoms with Gasteiger partial charge in [0.15, 0.2) is 0 Å². The normalized spacial score (nSPS) is 12.0. The molecular weight excluding hydrogens is 372 g/mol. The number of nitrogens with zero attached hydrogens (tertiary/aromatic N) is 4. The molecule has 1 atom stereocenters. The second-order valence-corrected chi connectivity index (χ2v) is 7.07. The largest absolute Gasteiger partial charge is 0.286 e. The monoisotopic (exact) mass is 394 g/mol. The highest BCUT2D eigenvalue weighted by Gasteiger charge is 2.21. The number of hydrogen-bond donors (Lipinski definition) is 3. The Hall–Kier alpha value is -2.52. The average Bonchev–Trinajstić information content (AvgIpc) is 2.64. The number of hydroxylamine groups is 2. The van der Waals surface area contributed by atoms with Gasteiger partial charge in [0.05, 0.1) is 18.0 Å². The summed E-state index contributed by atoms with van der Waals surface area (Å²) in [7, 11) is 0. The van der Waals surface area contributed by atoms with Crippen LogP contribution >= 0.6 is 11.6 Å². The molecule has 10 heteroatoms. The van der Waals surface area contributed by atoms with Crippen LogP contribution in [0.25, 0.3) is 11.0 Å². The molecule has 9 nitrogen and oxygen atoms in total. The molecule has 3 N–H and O–H groups in total. The Balaban J connectivity index is 1.98. The molecule has 27 heavy (non-hydrogen) atoms. The van der Waals surface area contributed by atoms with Crippen LogP contribution in [0.2, 0.25) is 5.02 Å². The van der Waals surface area contributed by atoms with E-state index in [0.29, 0.717) is 33.5 Å². The molecule has 1 aromatic heterocycles. The summed E-state index contributed by atoms with van der Waals surface area (Å²) in [6.07, 6.45) is 2.56. The fraction of sp³-hybridized carbons (Fsp3) is 0.471. The molecule has 1 aromatic carbocycles. The molecular formula is C17H23ClN6O3. The van der Waals surface area contributed by atoms with Crippen molar-refractivity contribution in [1.82, 2.24) is 25.7 Å². The number of rotatable bonds is 10. The Bertz CT molecular complexity index is 788. The molecule has 2 amide bonds. The molecule has 1 unspecified atom stereocenters. The van der Waals surface area contributed by atoms with E-state index in [0.717, 1.165) is 12.8 Å². The number of anilines is 1. The minimum atomic E-state index is -0.571. The quantitative estimate of drug-likeness (QED) is 0.321. The van der Waals surface area contributed by atoms with Crippen LogP contribution in [0.1, 0.15) is 33.1 Å². The first-order valence-corrected chi connectivity index (χ1v) is 9.03. The van der Waals surface area contributed by atoms with E-state index in [1.54, 1.807) is 18.2 Å². The Morgan fingerprint density at radius 1 is 1.30 bits per heavy atom. The lowest BCUT2D eigenvalue weighted by Gasteiger charge is -2.20. The van der Waals surface area contributed by atoms with E-state index in [2.05, 4.69) is 39.9 Å². The minimum absolute atomic E-state index is 0.0928. The van der Waals surface area contributed by atoms with Crippen LogP contribution in [0.3, 0.4) is 0 Å². The summed E-state index contributed by atoms with van der Waals surface area (Å²) in [5.74, 6) is -0.317. The van der Waals surface area contributed by atoms with Gasteiger partial charge in [-0.25, -0.2) is 10.0 Å². The van der Waals surface area contributed by atoms with Crippen molar-refractivity contribution in [2.75, 3.05) is 12.0 Å². The Kier molecular flexibility index (Phi) is 7.68. The van der Waals surface area contributed by atoms with Crippen molar-refractivity contribution in [3.63, 3.8) is 0 Å². The van der Waals surface area contributed by atoms with Crippen molar-refractivity contribution < 1.29 is 14.8 Å². The van der Waals surface area contributed by atoms with Gasteiger partial charge in [-0.15, -0.1) is 10.2 Å². The van der Waals surface area contributed by atoms with Crippen LogP contribution in [0.5, 0.6) is 0 Å². The minimum Gasteiger partial charge on any atom is -0.286 e. The van der Waals surface area contributed by atoms with Gasteiger partial charge in [-0.05, 0) is 30.5 Å². The molecule has 0 aliphatic rings. The zero-order chi connectivity index (χ0) is 19.8. The van der Waals surface area contributed by atoms with Crippen molar-refractivity contribution in [2.24, 2.45) is 11.8 Å². The SMILES string of the molecule is CC(C)CCCC(CN(O)C=O)C(=O)NNc1nnc2cc(Cl)ccc2n1. The van der Waals surface area contributed by atoms with E-state index in [9.17, 15) is 14.8 Å². The third-order valence-electron chi connectivity index (χ3n) is 3.95. The van der Waals surface area contributed by atoms with Gasteiger partial charge < -0.3 is 0 Å². The zero-order valence-electron chi connectivity index (χ0n) is 15.2. The Morgan fingerprint density at radius 3 is 2.78 bits per heavy atom. The summed E-state index contributed by atoms with van der Waals surface area (Å²) >= 11 is 5.89. The molecule has 146 valence electrons. The number of carbonyl (C=O) groups is 2.